The molecule has 17 heavy (non-hydrogen) atoms. The van der Waals surface area contributed by atoms with E-state index in [-0.39, 0.29) is 0 Å². The Kier molecular flexibility index (Phi) is 4.79. The minimum Gasteiger partial charge on any atom is -0.491 e. The number of quaternary nitrogens is 1. The second-order valence-electron chi connectivity index (χ2n) is 4.34. The zero-order chi connectivity index (χ0) is 11.9. The van der Waals surface area contributed by atoms with Gasteiger partial charge in [0.1, 0.15) is 38.1 Å². The average Bonchev–Trinajstić information content (AvgIpc) is 2.39. The summed E-state index contributed by atoms with van der Waals surface area (Å²) < 4.78 is 10.8. The van der Waals surface area contributed by atoms with Crippen LogP contribution < -0.4 is 9.64 Å². The van der Waals surface area contributed by atoms with Gasteiger partial charge in [-0.05, 0) is 12.1 Å². The van der Waals surface area contributed by atoms with Crippen LogP contribution in [0.3, 0.4) is 0 Å². The third-order valence-corrected chi connectivity index (χ3v) is 2.91. The van der Waals surface area contributed by atoms with Gasteiger partial charge in [0.15, 0.2) is 0 Å². The highest BCUT2D eigenvalue weighted by Gasteiger charge is 2.18. The van der Waals surface area contributed by atoms with Crippen molar-refractivity contribution >= 4 is 0 Å². The number of aliphatic hydroxyl groups excluding tert-OH is 1. The summed E-state index contributed by atoms with van der Waals surface area (Å²) in [6, 6.07) is 9.59. The molecule has 1 saturated heterocycles. The van der Waals surface area contributed by atoms with Crippen molar-refractivity contribution in [1.29, 1.82) is 0 Å². The summed E-state index contributed by atoms with van der Waals surface area (Å²) in [4.78, 5) is 1.39. The number of para-hydroxylation sites is 1. The van der Waals surface area contributed by atoms with Crippen LogP contribution in [-0.4, -0.2) is 50.7 Å². The molecule has 0 saturated carbocycles. The first-order valence-electron chi connectivity index (χ1n) is 6.12. The molecule has 2 rings (SSSR count). The summed E-state index contributed by atoms with van der Waals surface area (Å²) in [6.07, 6.45) is -0.414. The first kappa shape index (κ1) is 12.4. The molecule has 1 aromatic carbocycles. The zero-order valence-corrected chi connectivity index (χ0v) is 9.97. The number of hydrogen-bond donors (Lipinski definition) is 2. The summed E-state index contributed by atoms with van der Waals surface area (Å²) in [5.41, 5.74) is 0. The average molecular weight is 238 g/mol. The van der Waals surface area contributed by atoms with E-state index in [9.17, 15) is 5.11 Å². The van der Waals surface area contributed by atoms with Gasteiger partial charge in [0.2, 0.25) is 0 Å². The van der Waals surface area contributed by atoms with Crippen molar-refractivity contribution in [2.24, 2.45) is 0 Å². The summed E-state index contributed by atoms with van der Waals surface area (Å²) in [6.45, 7) is 4.62. The first-order valence-corrected chi connectivity index (χ1v) is 6.12. The highest BCUT2D eigenvalue weighted by molar-refractivity contribution is 5.20. The number of aliphatic hydroxyl groups is 1. The van der Waals surface area contributed by atoms with Crippen LogP contribution in [0.15, 0.2) is 30.3 Å². The lowest BCUT2D eigenvalue weighted by molar-refractivity contribution is -0.911. The predicted molar refractivity (Wildman–Crippen MR) is 64.3 cm³/mol. The Balaban J connectivity index is 1.68. The number of nitrogens with one attached hydrogen (secondary N) is 1. The standard InChI is InChI=1S/C13H19NO3/c15-12(10-14-6-8-16-9-7-14)11-17-13-4-2-1-3-5-13/h1-5,12,15H,6-11H2/p+1. The molecule has 0 aliphatic carbocycles. The van der Waals surface area contributed by atoms with E-state index in [1.54, 1.807) is 0 Å². The van der Waals surface area contributed by atoms with Crippen LogP contribution in [0, 0.1) is 0 Å². The fraction of sp³-hybridized carbons (Fsp3) is 0.538. The number of ether oxygens (including phenoxy) is 2. The SMILES string of the molecule is OC(COc1ccccc1)C[NH+]1CCOCC1. The van der Waals surface area contributed by atoms with Crippen molar-refractivity contribution in [2.45, 2.75) is 6.10 Å². The number of rotatable bonds is 5. The minimum atomic E-state index is -0.414. The van der Waals surface area contributed by atoms with E-state index < -0.39 is 6.10 Å². The van der Waals surface area contributed by atoms with Gasteiger partial charge in [-0.1, -0.05) is 18.2 Å². The number of benzene rings is 1. The van der Waals surface area contributed by atoms with E-state index in [0.717, 1.165) is 38.6 Å². The molecule has 0 spiro atoms. The highest BCUT2D eigenvalue weighted by Crippen LogP contribution is 2.08. The van der Waals surface area contributed by atoms with Gasteiger partial charge in [0, 0.05) is 0 Å². The Hall–Kier alpha value is -1.10. The monoisotopic (exact) mass is 238 g/mol. The Morgan fingerprint density at radius 2 is 1.94 bits per heavy atom. The normalized spacial score (nSPS) is 18.9. The van der Waals surface area contributed by atoms with Gasteiger partial charge in [-0.15, -0.1) is 0 Å². The first-order chi connectivity index (χ1) is 8.34. The molecule has 1 atom stereocenters. The molecule has 1 fully saturated rings. The fourth-order valence-electron chi connectivity index (χ4n) is 1.97. The van der Waals surface area contributed by atoms with E-state index in [1.165, 1.54) is 4.90 Å². The van der Waals surface area contributed by atoms with Gasteiger partial charge < -0.3 is 19.5 Å². The molecule has 1 unspecified atom stereocenters. The molecule has 0 aromatic heterocycles. The molecule has 1 aliphatic rings. The van der Waals surface area contributed by atoms with Crippen molar-refractivity contribution in [3.8, 4) is 5.75 Å². The molecule has 0 radical (unpaired) electrons. The predicted octanol–water partition coefficient (Wildman–Crippen LogP) is -0.659. The van der Waals surface area contributed by atoms with Crippen molar-refractivity contribution < 1.29 is 19.5 Å². The molecule has 1 aliphatic heterocycles. The van der Waals surface area contributed by atoms with E-state index in [4.69, 9.17) is 9.47 Å². The smallest absolute Gasteiger partial charge is 0.137 e. The summed E-state index contributed by atoms with van der Waals surface area (Å²) in [5.74, 6) is 0.809. The van der Waals surface area contributed by atoms with Crippen molar-refractivity contribution in [3.05, 3.63) is 30.3 Å². The quantitative estimate of drug-likeness (QED) is 0.716. The molecule has 4 heteroatoms. The van der Waals surface area contributed by atoms with Crippen LogP contribution in [0.1, 0.15) is 0 Å². The molecule has 94 valence electrons. The van der Waals surface area contributed by atoms with Crippen molar-refractivity contribution in [3.63, 3.8) is 0 Å². The maximum Gasteiger partial charge on any atom is 0.137 e. The summed E-state index contributed by atoms with van der Waals surface area (Å²) in [5, 5.41) is 9.88. The lowest BCUT2D eigenvalue weighted by Gasteiger charge is -2.25. The van der Waals surface area contributed by atoms with Crippen LogP contribution in [0.25, 0.3) is 0 Å². The topological polar surface area (TPSA) is 43.1 Å². The Bertz CT molecular complexity index is 312. The maximum absolute atomic E-state index is 9.88. The molecule has 2 N–H and O–H groups in total. The second-order valence-corrected chi connectivity index (χ2v) is 4.34. The molecule has 1 aromatic rings. The molecule has 4 nitrogen and oxygen atoms in total. The van der Waals surface area contributed by atoms with E-state index in [2.05, 4.69) is 0 Å². The minimum absolute atomic E-state index is 0.356. The molecule has 1 heterocycles. The lowest BCUT2D eigenvalue weighted by atomic mass is 10.3. The summed E-state index contributed by atoms with van der Waals surface area (Å²) in [7, 11) is 0. The van der Waals surface area contributed by atoms with Gasteiger partial charge >= 0.3 is 0 Å². The van der Waals surface area contributed by atoms with Gasteiger partial charge in [0.25, 0.3) is 0 Å². The van der Waals surface area contributed by atoms with Gasteiger partial charge in [0.05, 0.1) is 13.2 Å². The van der Waals surface area contributed by atoms with Crippen molar-refractivity contribution in [1.82, 2.24) is 0 Å². The van der Waals surface area contributed by atoms with E-state index in [1.807, 2.05) is 30.3 Å². The van der Waals surface area contributed by atoms with Crippen LogP contribution in [0.4, 0.5) is 0 Å². The molecule has 0 bridgehead atoms. The van der Waals surface area contributed by atoms with Crippen LogP contribution in [0.2, 0.25) is 0 Å². The third kappa shape index (κ3) is 4.34. The van der Waals surface area contributed by atoms with Gasteiger partial charge in [-0.2, -0.15) is 0 Å². The number of morpholine rings is 1. The lowest BCUT2D eigenvalue weighted by Crippen LogP contribution is -3.15. The fourth-order valence-corrected chi connectivity index (χ4v) is 1.97. The molecular formula is C13H20NO3+. The van der Waals surface area contributed by atoms with Crippen LogP contribution >= 0.6 is 0 Å². The number of hydrogen-bond acceptors (Lipinski definition) is 3. The third-order valence-electron chi connectivity index (χ3n) is 2.91. The Labute approximate surface area is 102 Å². The largest absolute Gasteiger partial charge is 0.491 e. The Morgan fingerprint density at radius 3 is 2.65 bits per heavy atom. The molecule has 0 amide bonds. The molecular weight excluding hydrogens is 218 g/mol. The summed E-state index contributed by atoms with van der Waals surface area (Å²) >= 11 is 0. The van der Waals surface area contributed by atoms with E-state index in [0.29, 0.717) is 6.61 Å². The Morgan fingerprint density at radius 1 is 1.24 bits per heavy atom. The van der Waals surface area contributed by atoms with Crippen LogP contribution in [-0.2, 0) is 4.74 Å². The van der Waals surface area contributed by atoms with Gasteiger partial charge in [-0.25, -0.2) is 0 Å². The zero-order valence-electron chi connectivity index (χ0n) is 9.97. The van der Waals surface area contributed by atoms with Crippen molar-refractivity contribution in [2.75, 3.05) is 39.5 Å². The highest BCUT2D eigenvalue weighted by atomic mass is 16.5. The maximum atomic E-state index is 9.88. The van der Waals surface area contributed by atoms with Crippen LogP contribution in [0.5, 0.6) is 5.75 Å². The van der Waals surface area contributed by atoms with E-state index >= 15 is 0 Å². The second kappa shape index (κ2) is 6.59. The van der Waals surface area contributed by atoms with Gasteiger partial charge in [-0.3, -0.25) is 0 Å².